The van der Waals surface area contributed by atoms with Crippen molar-refractivity contribution in [2.24, 2.45) is 7.05 Å². The quantitative estimate of drug-likeness (QED) is 0.440. The van der Waals surface area contributed by atoms with E-state index in [9.17, 15) is 14.4 Å². The molecule has 3 amide bonds. The Hall–Kier alpha value is -3.37. The predicted octanol–water partition coefficient (Wildman–Crippen LogP) is 4.75. The van der Waals surface area contributed by atoms with Crippen molar-refractivity contribution >= 4 is 46.0 Å². The van der Waals surface area contributed by atoms with Crippen LogP contribution in [0.15, 0.2) is 58.5 Å². The molecule has 3 heterocycles. The van der Waals surface area contributed by atoms with E-state index in [0.29, 0.717) is 35.9 Å². The van der Waals surface area contributed by atoms with E-state index in [2.05, 4.69) is 16.9 Å². The Labute approximate surface area is 225 Å². The number of amides is 3. The van der Waals surface area contributed by atoms with Crippen LogP contribution < -0.4 is 5.32 Å². The molecule has 2 aromatic heterocycles. The van der Waals surface area contributed by atoms with Gasteiger partial charge in [0.15, 0.2) is 5.13 Å². The molecule has 10 heteroatoms. The van der Waals surface area contributed by atoms with Crippen molar-refractivity contribution < 1.29 is 14.4 Å². The summed E-state index contributed by atoms with van der Waals surface area (Å²) in [6.07, 6.45) is 7.42. The number of carbonyl (C=O) groups is 3. The fourth-order valence-electron chi connectivity index (χ4n) is 4.42. The molecule has 1 unspecified atom stereocenters. The van der Waals surface area contributed by atoms with Gasteiger partial charge in [-0.25, -0.2) is 4.98 Å². The van der Waals surface area contributed by atoms with Gasteiger partial charge in [0.05, 0.1) is 16.0 Å². The summed E-state index contributed by atoms with van der Waals surface area (Å²) in [5.74, 6) is -0.317. The summed E-state index contributed by atoms with van der Waals surface area (Å²) in [6, 6.07) is 5.71. The Kier molecular flexibility index (Phi) is 8.19. The monoisotopic (exact) mass is 537 g/mol. The second-order valence-corrected chi connectivity index (χ2v) is 11.5. The maximum atomic E-state index is 13.5. The van der Waals surface area contributed by atoms with E-state index in [1.54, 1.807) is 23.4 Å². The van der Waals surface area contributed by atoms with Gasteiger partial charge in [-0.15, -0.1) is 0 Å². The fourth-order valence-corrected chi connectivity index (χ4v) is 6.36. The number of rotatable bonds is 7. The lowest BCUT2D eigenvalue weighted by Gasteiger charge is -2.41. The van der Waals surface area contributed by atoms with Gasteiger partial charge < -0.3 is 14.4 Å². The highest BCUT2D eigenvalue weighted by Crippen LogP contribution is 2.37. The molecular weight excluding hydrogens is 506 g/mol. The molecule has 8 nitrogen and oxygen atoms in total. The average Bonchev–Trinajstić information content (AvgIpc) is 3.52. The van der Waals surface area contributed by atoms with Crippen LogP contribution in [0.4, 0.5) is 5.13 Å². The number of piperazine rings is 1. The number of aromatic nitrogens is 2. The second kappa shape index (κ2) is 11.4. The molecule has 3 aromatic rings. The Morgan fingerprint density at radius 3 is 2.70 bits per heavy atom. The van der Waals surface area contributed by atoms with Gasteiger partial charge in [-0.3, -0.25) is 19.7 Å². The number of hydrogen-bond acceptors (Lipinski definition) is 6. The molecule has 1 N–H and O–H groups in total. The number of thiazole rings is 1. The molecule has 1 fully saturated rings. The van der Waals surface area contributed by atoms with Crippen molar-refractivity contribution in [3.05, 3.63) is 71.7 Å². The lowest BCUT2D eigenvalue weighted by atomic mass is 10.0. The topological polar surface area (TPSA) is 87.5 Å². The fraction of sp³-hybridized carbons (Fsp3) is 0.333. The van der Waals surface area contributed by atoms with E-state index in [1.807, 2.05) is 55.6 Å². The zero-order chi connectivity index (χ0) is 26.7. The molecule has 1 atom stereocenters. The number of benzene rings is 1. The van der Waals surface area contributed by atoms with Crippen LogP contribution in [-0.2, 0) is 11.8 Å². The Balaban J connectivity index is 1.48. The van der Waals surface area contributed by atoms with E-state index >= 15 is 0 Å². The number of nitrogens with zero attached hydrogens (tertiary/aromatic N) is 4. The zero-order valence-electron chi connectivity index (χ0n) is 21.5. The van der Waals surface area contributed by atoms with Gasteiger partial charge in [0.2, 0.25) is 5.91 Å². The highest BCUT2D eigenvalue weighted by atomic mass is 32.2. The van der Waals surface area contributed by atoms with Crippen molar-refractivity contribution in [1.29, 1.82) is 0 Å². The van der Waals surface area contributed by atoms with Gasteiger partial charge in [-0.2, -0.15) is 0 Å². The highest BCUT2D eigenvalue weighted by molar-refractivity contribution is 8.01. The first-order valence-electron chi connectivity index (χ1n) is 12.1. The molecule has 0 saturated carbocycles. The second-order valence-electron chi connectivity index (χ2n) is 9.09. The van der Waals surface area contributed by atoms with Crippen molar-refractivity contribution in [3.63, 3.8) is 0 Å². The van der Waals surface area contributed by atoms with Crippen LogP contribution in [0.3, 0.4) is 0 Å². The lowest BCUT2D eigenvalue weighted by Crippen LogP contribution is -2.56. The first-order chi connectivity index (χ1) is 17.7. The first-order valence-corrected chi connectivity index (χ1v) is 13.7. The summed E-state index contributed by atoms with van der Waals surface area (Å²) in [7, 11) is 1.86. The van der Waals surface area contributed by atoms with E-state index in [4.69, 9.17) is 0 Å². The number of hydrogen-bond donors (Lipinski definition) is 1. The van der Waals surface area contributed by atoms with Gasteiger partial charge in [0.25, 0.3) is 11.8 Å². The van der Waals surface area contributed by atoms with Crippen molar-refractivity contribution in [2.75, 3.05) is 25.0 Å². The molecule has 0 spiro atoms. The van der Waals surface area contributed by atoms with Crippen LogP contribution in [0.25, 0.3) is 0 Å². The molecule has 0 aliphatic carbocycles. The number of anilines is 1. The van der Waals surface area contributed by atoms with Crippen LogP contribution in [0.1, 0.15) is 45.2 Å². The van der Waals surface area contributed by atoms with Crippen LogP contribution in [0.2, 0.25) is 0 Å². The minimum atomic E-state index is -0.203. The van der Waals surface area contributed by atoms with Crippen LogP contribution >= 0.6 is 23.1 Å². The standard InChI is InChI=1S/C27H31N5O3S2/c1-6-20-16-31(10-11-32(20)23(33)7-2)26(35)21-13-22(18(4)12-17(21)3)36-24-14-28-27(37-24)29-25(34)19-8-9-30(5)15-19/h7-9,12-15,20H,2,6,10-11,16H2,1,3-5H3,(H,28,29,34). The minimum absolute atomic E-state index is 0.0236. The maximum absolute atomic E-state index is 13.5. The Morgan fingerprint density at radius 1 is 1.24 bits per heavy atom. The largest absolute Gasteiger partial charge is 0.356 e. The van der Waals surface area contributed by atoms with E-state index < -0.39 is 0 Å². The predicted molar refractivity (Wildman–Crippen MR) is 147 cm³/mol. The summed E-state index contributed by atoms with van der Waals surface area (Å²) >= 11 is 2.92. The summed E-state index contributed by atoms with van der Waals surface area (Å²) in [4.78, 5) is 47.1. The van der Waals surface area contributed by atoms with Gasteiger partial charge in [-0.1, -0.05) is 42.7 Å². The molecule has 1 aliphatic rings. The third-order valence-electron chi connectivity index (χ3n) is 6.46. The molecule has 1 aromatic carbocycles. The Morgan fingerprint density at radius 2 is 2.03 bits per heavy atom. The number of carbonyl (C=O) groups excluding carboxylic acids is 3. The number of nitrogens with one attached hydrogen (secondary N) is 1. The molecule has 0 bridgehead atoms. The summed E-state index contributed by atoms with van der Waals surface area (Å²) in [5, 5.41) is 3.37. The van der Waals surface area contributed by atoms with Crippen molar-refractivity contribution in [1.82, 2.24) is 19.4 Å². The molecule has 37 heavy (non-hydrogen) atoms. The van der Waals surface area contributed by atoms with Crippen molar-refractivity contribution in [2.45, 2.75) is 42.3 Å². The summed E-state index contributed by atoms with van der Waals surface area (Å²) in [5.41, 5.74) is 3.22. The van der Waals surface area contributed by atoms with Crippen LogP contribution in [-0.4, -0.2) is 62.7 Å². The Bertz CT molecular complexity index is 1350. The van der Waals surface area contributed by atoms with E-state index in [-0.39, 0.29) is 23.8 Å². The van der Waals surface area contributed by atoms with E-state index in [0.717, 1.165) is 26.7 Å². The molecule has 1 aliphatic heterocycles. The normalized spacial score (nSPS) is 15.5. The molecule has 4 rings (SSSR count). The minimum Gasteiger partial charge on any atom is -0.356 e. The molecule has 194 valence electrons. The molecule has 0 radical (unpaired) electrons. The van der Waals surface area contributed by atoms with Crippen LogP contribution in [0.5, 0.6) is 0 Å². The van der Waals surface area contributed by atoms with Gasteiger partial charge in [0.1, 0.15) is 0 Å². The highest BCUT2D eigenvalue weighted by Gasteiger charge is 2.31. The first kappa shape index (κ1) is 26.7. The van der Waals surface area contributed by atoms with Crippen molar-refractivity contribution in [3.8, 4) is 0 Å². The molecular formula is C27H31N5O3S2. The summed E-state index contributed by atoms with van der Waals surface area (Å²) in [6.45, 7) is 11.1. The number of aryl methyl sites for hydroxylation is 3. The van der Waals surface area contributed by atoms with Gasteiger partial charge >= 0.3 is 0 Å². The lowest BCUT2D eigenvalue weighted by molar-refractivity contribution is -0.130. The van der Waals surface area contributed by atoms with Gasteiger partial charge in [-0.05, 0) is 49.6 Å². The smallest absolute Gasteiger partial charge is 0.258 e. The zero-order valence-corrected chi connectivity index (χ0v) is 23.1. The van der Waals surface area contributed by atoms with Crippen LogP contribution in [0, 0.1) is 13.8 Å². The third-order valence-corrected chi connectivity index (χ3v) is 8.63. The van der Waals surface area contributed by atoms with E-state index in [1.165, 1.54) is 29.2 Å². The molecule has 1 saturated heterocycles. The van der Waals surface area contributed by atoms with Gasteiger partial charge in [0, 0.05) is 55.6 Å². The third kappa shape index (κ3) is 5.97. The average molecular weight is 538 g/mol. The maximum Gasteiger partial charge on any atom is 0.258 e. The summed E-state index contributed by atoms with van der Waals surface area (Å²) < 4.78 is 2.73. The SMILES string of the molecule is C=CC(=O)N1CCN(C(=O)c2cc(Sc3cnc(NC(=O)c4ccn(C)c4)s3)c(C)cc2C)CC1CC.